The van der Waals surface area contributed by atoms with E-state index in [1.54, 1.807) is 0 Å². The van der Waals surface area contributed by atoms with Crippen LogP contribution in [0.25, 0.3) is 21.6 Å². The number of halogens is 3. The quantitative estimate of drug-likeness (QED) is 0.512. The second-order valence-corrected chi connectivity index (χ2v) is 6.84. The number of ether oxygens (including phenoxy) is 1. The number of benzene rings is 2. The Morgan fingerprint density at radius 1 is 1.03 bits per heavy atom. The number of aromatic nitrogens is 3. The zero-order chi connectivity index (χ0) is 20.4. The number of rotatable bonds is 4. The largest absolute Gasteiger partial charge is 0.573 e. The molecule has 0 fully saturated rings. The third-order valence-electron chi connectivity index (χ3n) is 3.76. The van der Waals surface area contributed by atoms with Gasteiger partial charge in [0, 0.05) is 24.0 Å². The molecule has 2 aromatic carbocycles. The number of amides is 1. The maximum absolute atomic E-state index is 12.4. The molecular formula is C19H11F3N4O2S. The van der Waals surface area contributed by atoms with Crippen LogP contribution in [0.2, 0.25) is 0 Å². The minimum Gasteiger partial charge on any atom is -0.406 e. The Kier molecular flexibility index (Phi) is 4.85. The number of anilines is 1. The first-order valence-corrected chi connectivity index (χ1v) is 9.04. The van der Waals surface area contributed by atoms with Crippen LogP contribution in [0.5, 0.6) is 5.75 Å². The number of carbonyl (C=O) groups excluding carboxylic acids is 1. The molecular weight excluding hydrogens is 405 g/mol. The van der Waals surface area contributed by atoms with Gasteiger partial charge in [0.05, 0.1) is 15.8 Å². The molecule has 0 radical (unpaired) electrons. The summed E-state index contributed by atoms with van der Waals surface area (Å²) in [7, 11) is 0. The predicted octanol–water partition coefficient (Wildman–Crippen LogP) is 4.90. The molecule has 1 N–H and O–H groups in total. The minimum absolute atomic E-state index is 0.227. The van der Waals surface area contributed by atoms with Gasteiger partial charge >= 0.3 is 6.36 Å². The summed E-state index contributed by atoms with van der Waals surface area (Å²) in [6, 6.07) is 13.1. The Morgan fingerprint density at radius 3 is 2.45 bits per heavy atom. The van der Waals surface area contributed by atoms with Gasteiger partial charge in [-0.25, -0.2) is 15.0 Å². The number of carbonyl (C=O) groups is 1. The highest BCUT2D eigenvalue weighted by molar-refractivity contribution is 7.22. The van der Waals surface area contributed by atoms with Crippen LogP contribution < -0.4 is 10.1 Å². The van der Waals surface area contributed by atoms with E-state index in [1.165, 1.54) is 24.5 Å². The number of hydrogen-bond donors (Lipinski definition) is 1. The van der Waals surface area contributed by atoms with Gasteiger partial charge in [0.1, 0.15) is 5.75 Å². The van der Waals surface area contributed by atoms with Crippen molar-refractivity contribution in [1.29, 1.82) is 0 Å². The fraction of sp³-hybridized carbons (Fsp3) is 0.0526. The van der Waals surface area contributed by atoms with Gasteiger partial charge in [-0.1, -0.05) is 41.7 Å². The molecule has 10 heteroatoms. The van der Waals surface area contributed by atoms with Crippen LogP contribution >= 0.6 is 11.3 Å². The van der Waals surface area contributed by atoms with Crippen LogP contribution in [-0.4, -0.2) is 27.2 Å². The van der Waals surface area contributed by atoms with Gasteiger partial charge in [0.2, 0.25) is 0 Å². The van der Waals surface area contributed by atoms with Crippen molar-refractivity contribution in [3.63, 3.8) is 0 Å². The molecule has 0 atom stereocenters. The van der Waals surface area contributed by atoms with Crippen molar-refractivity contribution in [3.05, 3.63) is 66.5 Å². The maximum Gasteiger partial charge on any atom is 0.573 e. The van der Waals surface area contributed by atoms with Gasteiger partial charge in [0.15, 0.2) is 11.0 Å². The Morgan fingerprint density at radius 2 is 1.76 bits per heavy atom. The zero-order valence-electron chi connectivity index (χ0n) is 14.5. The van der Waals surface area contributed by atoms with Crippen LogP contribution in [0.1, 0.15) is 10.4 Å². The number of nitrogens with zero attached hydrogens (tertiary/aromatic N) is 3. The van der Waals surface area contributed by atoms with E-state index in [-0.39, 0.29) is 16.4 Å². The normalized spacial score (nSPS) is 11.4. The summed E-state index contributed by atoms with van der Waals surface area (Å²) in [6.45, 7) is 0. The molecule has 0 spiro atoms. The topological polar surface area (TPSA) is 77.0 Å². The van der Waals surface area contributed by atoms with Gasteiger partial charge in [0.25, 0.3) is 5.91 Å². The SMILES string of the molecule is O=C(Nc1nc2ccc(OC(F)(F)F)cc2s1)c1cnc(-c2ccccc2)nc1. The van der Waals surface area contributed by atoms with E-state index < -0.39 is 12.3 Å². The highest BCUT2D eigenvalue weighted by atomic mass is 32.1. The first-order valence-electron chi connectivity index (χ1n) is 8.22. The summed E-state index contributed by atoms with van der Waals surface area (Å²) in [5.41, 5.74) is 1.49. The first kappa shape index (κ1) is 18.8. The lowest BCUT2D eigenvalue weighted by Gasteiger charge is -2.07. The predicted molar refractivity (Wildman–Crippen MR) is 102 cm³/mol. The first-order chi connectivity index (χ1) is 13.9. The molecule has 29 heavy (non-hydrogen) atoms. The molecule has 1 amide bonds. The molecule has 0 unspecified atom stereocenters. The van der Waals surface area contributed by atoms with E-state index >= 15 is 0 Å². The van der Waals surface area contributed by atoms with Crippen molar-refractivity contribution in [2.24, 2.45) is 0 Å². The van der Waals surface area contributed by atoms with Crippen molar-refractivity contribution in [3.8, 4) is 17.1 Å². The highest BCUT2D eigenvalue weighted by Crippen LogP contribution is 2.31. The van der Waals surface area contributed by atoms with Crippen LogP contribution in [0.15, 0.2) is 60.9 Å². The lowest BCUT2D eigenvalue weighted by molar-refractivity contribution is -0.274. The molecule has 0 bridgehead atoms. The number of fused-ring (bicyclic) bond motifs is 1. The Labute approximate surface area is 166 Å². The number of thiazole rings is 1. The molecule has 0 saturated heterocycles. The third-order valence-corrected chi connectivity index (χ3v) is 4.69. The molecule has 0 aliphatic carbocycles. The standard InChI is InChI=1S/C19H11F3N4O2S/c20-19(21,22)28-13-6-7-14-15(8-13)29-18(25-14)26-17(27)12-9-23-16(24-10-12)11-4-2-1-3-5-11/h1-10H,(H,25,26,27). The van der Waals surface area contributed by atoms with Crippen molar-refractivity contribution >= 4 is 32.6 Å². The van der Waals surface area contributed by atoms with Gasteiger partial charge < -0.3 is 4.74 Å². The van der Waals surface area contributed by atoms with Crippen LogP contribution in [0, 0.1) is 0 Å². The molecule has 0 aliphatic heterocycles. The number of hydrogen-bond acceptors (Lipinski definition) is 6. The van der Waals surface area contributed by atoms with E-state index in [9.17, 15) is 18.0 Å². The Balaban J connectivity index is 1.50. The fourth-order valence-electron chi connectivity index (χ4n) is 2.51. The summed E-state index contributed by atoms with van der Waals surface area (Å²) in [5.74, 6) is -0.341. The smallest absolute Gasteiger partial charge is 0.406 e. The van der Waals surface area contributed by atoms with Crippen molar-refractivity contribution in [1.82, 2.24) is 15.0 Å². The molecule has 2 aromatic heterocycles. The van der Waals surface area contributed by atoms with E-state index in [0.717, 1.165) is 23.0 Å². The maximum atomic E-state index is 12.4. The van der Waals surface area contributed by atoms with Gasteiger partial charge in [-0.05, 0) is 12.1 Å². The molecule has 146 valence electrons. The summed E-state index contributed by atoms with van der Waals surface area (Å²) < 4.78 is 41.4. The number of alkyl halides is 3. The van der Waals surface area contributed by atoms with Crippen LogP contribution in [0.4, 0.5) is 18.3 Å². The molecule has 0 saturated carbocycles. The lowest BCUT2D eigenvalue weighted by atomic mass is 10.2. The molecule has 2 heterocycles. The Hall–Kier alpha value is -3.53. The van der Waals surface area contributed by atoms with Crippen LogP contribution in [0.3, 0.4) is 0 Å². The highest BCUT2D eigenvalue weighted by Gasteiger charge is 2.31. The van der Waals surface area contributed by atoms with Gasteiger partial charge in [-0.2, -0.15) is 0 Å². The van der Waals surface area contributed by atoms with Gasteiger partial charge in [-0.3, -0.25) is 10.1 Å². The average molecular weight is 416 g/mol. The van der Waals surface area contributed by atoms with Crippen LogP contribution in [-0.2, 0) is 0 Å². The van der Waals surface area contributed by atoms with Crippen molar-refractivity contribution < 1.29 is 22.7 Å². The number of nitrogens with one attached hydrogen (secondary N) is 1. The third kappa shape index (κ3) is 4.49. The molecule has 4 rings (SSSR count). The van der Waals surface area contributed by atoms with E-state index in [0.29, 0.717) is 16.0 Å². The summed E-state index contributed by atoms with van der Waals surface area (Å²) >= 11 is 1.03. The van der Waals surface area contributed by atoms with E-state index in [2.05, 4.69) is 25.0 Å². The Bertz CT molecular complexity index is 1160. The zero-order valence-corrected chi connectivity index (χ0v) is 15.3. The molecule has 6 nitrogen and oxygen atoms in total. The summed E-state index contributed by atoms with van der Waals surface area (Å²) in [6.07, 6.45) is -1.98. The fourth-order valence-corrected chi connectivity index (χ4v) is 3.40. The minimum atomic E-state index is -4.78. The average Bonchev–Trinajstić information content (AvgIpc) is 3.09. The molecule has 0 aliphatic rings. The molecule has 4 aromatic rings. The summed E-state index contributed by atoms with van der Waals surface area (Å²) in [5, 5.41) is 2.84. The van der Waals surface area contributed by atoms with Crippen molar-refractivity contribution in [2.75, 3.05) is 5.32 Å². The monoisotopic (exact) mass is 416 g/mol. The van der Waals surface area contributed by atoms with E-state index in [1.807, 2.05) is 30.3 Å². The summed E-state index contributed by atoms with van der Waals surface area (Å²) in [4.78, 5) is 25.0. The van der Waals surface area contributed by atoms with E-state index in [4.69, 9.17) is 0 Å². The second kappa shape index (κ2) is 7.47. The van der Waals surface area contributed by atoms with Crippen molar-refractivity contribution in [2.45, 2.75) is 6.36 Å². The lowest BCUT2D eigenvalue weighted by Crippen LogP contribution is -2.16. The van der Waals surface area contributed by atoms with Gasteiger partial charge in [-0.15, -0.1) is 13.2 Å². The second-order valence-electron chi connectivity index (χ2n) is 5.81.